The number of nitrogens with zero attached hydrogens (tertiary/aromatic N) is 1. The molecule has 0 bridgehead atoms. The molecule has 1 unspecified atom stereocenters. The van der Waals surface area contributed by atoms with Gasteiger partial charge >= 0.3 is 5.97 Å². The van der Waals surface area contributed by atoms with Gasteiger partial charge in [0, 0.05) is 5.38 Å². The van der Waals surface area contributed by atoms with E-state index in [2.05, 4.69) is 39.3 Å². The topological polar surface area (TPSA) is 68.3 Å². The molecule has 27 heavy (non-hydrogen) atoms. The lowest BCUT2D eigenvalue weighted by molar-refractivity contribution is -0.139. The first-order valence-corrected chi connectivity index (χ1v) is 10.3. The van der Waals surface area contributed by atoms with E-state index in [1.165, 1.54) is 49.7 Å². The van der Waals surface area contributed by atoms with Crippen molar-refractivity contribution in [3.8, 4) is 0 Å². The first kappa shape index (κ1) is 19.5. The quantitative estimate of drug-likeness (QED) is 0.713. The Morgan fingerprint density at radius 2 is 1.96 bits per heavy atom. The lowest BCUT2D eigenvalue weighted by atomic mass is 9.87. The Bertz CT molecular complexity index is 779. The summed E-state index contributed by atoms with van der Waals surface area (Å²) in [7, 11) is 1.35. The highest BCUT2D eigenvalue weighted by Gasteiger charge is 2.27. The first-order valence-electron chi connectivity index (χ1n) is 9.44. The molecular weight excluding hydrogens is 360 g/mol. The van der Waals surface area contributed by atoms with Crippen molar-refractivity contribution < 1.29 is 14.3 Å². The van der Waals surface area contributed by atoms with E-state index in [0.717, 1.165) is 12.0 Å². The van der Waals surface area contributed by atoms with Gasteiger partial charge in [-0.1, -0.05) is 55.5 Å². The van der Waals surface area contributed by atoms with E-state index in [9.17, 15) is 9.59 Å². The third kappa shape index (κ3) is 5.39. The van der Waals surface area contributed by atoms with Crippen LogP contribution in [0.2, 0.25) is 0 Å². The predicted molar refractivity (Wildman–Crippen MR) is 107 cm³/mol. The van der Waals surface area contributed by atoms with E-state index in [1.807, 2.05) is 6.92 Å². The monoisotopic (exact) mass is 386 g/mol. The summed E-state index contributed by atoms with van der Waals surface area (Å²) >= 11 is 1.34. The van der Waals surface area contributed by atoms with Crippen molar-refractivity contribution in [1.29, 1.82) is 0 Å². The third-order valence-corrected chi connectivity index (χ3v) is 5.98. The summed E-state index contributed by atoms with van der Waals surface area (Å²) < 4.78 is 4.66. The fraction of sp³-hybridized carbons (Fsp3) is 0.476. The van der Waals surface area contributed by atoms with Crippen molar-refractivity contribution in [3.05, 3.63) is 46.5 Å². The maximum absolute atomic E-state index is 13.0. The number of methoxy groups -OCH3 is 1. The number of aryl methyl sites for hydroxylation is 1. The van der Waals surface area contributed by atoms with Crippen molar-refractivity contribution in [2.24, 2.45) is 5.92 Å². The van der Waals surface area contributed by atoms with Crippen LogP contribution in [0.5, 0.6) is 0 Å². The molecule has 5 nitrogen and oxygen atoms in total. The van der Waals surface area contributed by atoms with Crippen LogP contribution in [-0.2, 0) is 20.7 Å². The molecule has 1 fully saturated rings. The average Bonchev–Trinajstić information content (AvgIpc) is 3.32. The molecule has 3 rings (SSSR count). The van der Waals surface area contributed by atoms with E-state index in [0.29, 0.717) is 16.7 Å². The molecule has 2 aromatic rings. The molecule has 0 spiro atoms. The molecule has 1 aliphatic carbocycles. The molecular formula is C21H26N2O3S. The minimum Gasteiger partial charge on any atom is -0.469 e. The Kier molecular flexibility index (Phi) is 6.61. The van der Waals surface area contributed by atoms with Crippen LogP contribution in [0.4, 0.5) is 5.13 Å². The van der Waals surface area contributed by atoms with Crippen molar-refractivity contribution in [2.45, 2.75) is 51.4 Å². The van der Waals surface area contributed by atoms with Gasteiger partial charge in [-0.05, 0) is 24.8 Å². The molecule has 1 aromatic carbocycles. The van der Waals surface area contributed by atoms with Gasteiger partial charge in [-0.3, -0.25) is 9.59 Å². The Balaban J connectivity index is 1.72. The van der Waals surface area contributed by atoms with Crippen LogP contribution in [0, 0.1) is 12.8 Å². The Morgan fingerprint density at radius 3 is 2.63 bits per heavy atom. The summed E-state index contributed by atoms with van der Waals surface area (Å²) in [6.45, 7) is 2.05. The fourth-order valence-corrected chi connectivity index (χ4v) is 4.34. The number of aromatic nitrogens is 1. The SMILES string of the molecule is COC(=O)Cc1csc(NC(=O)C(CC2CCCC2)c2ccc(C)cc2)n1. The maximum atomic E-state index is 13.0. The van der Waals surface area contributed by atoms with Crippen LogP contribution in [0.1, 0.15) is 54.8 Å². The molecule has 0 aliphatic heterocycles. The lowest BCUT2D eigenvalue weighted by Crippen LogP contribution is -2.23. The Morgan fingerprint density at radius 1 is 1.26 bits per heavy atom. The zero-order valence-corrected chi connectivity index (χ0v) is 16.7. The van der Waals surface area contributed by atoms with Gasteiger partial charge in [0.25, 0.3) is 0 Å². The fourth-order valence-electron chi connectivity index (χ4n) is 3.63. The number of anilines is 1. The smallest absolute Gasteiger partial charge is 0.311 e. The molecule has 1 saturated carbocycles. The number of rotatable bonds is 7. The van der Waals surface area contributed by atoms with Gasteiger partial charge in [0.1, 0.15) is 0 Å². The molecule has 1 aromatic heterocycles. The summed E-state index contributed by atoms with van der Waals surface area (Å²) in [6.07, 6.45) is 5.92. The number of carbonyl (C=O) groups is 2. The first-order chi connectivity index (χ1) is 13.0. The number of thiazole rings is 1. The molecule has 6 heteroatoms. The summed E-state index contributed by atoms with van der Waals surface area (Å²) in [5, 5.41) is 5.27. The largest absolute Gasteiger partial charge is 0.469 e. The normalized spacial score (nSPS) is 15.5. The number of hydrogen-bond acceptors (Lipinski definition) is 5. The van der Waals surface area contributed by atoms with Crippen LogP contribution in [0.25, 0.3) is 0 Å². The van der Waals surface area contributed by atoms with E-state index in [1.54, 1.807) is 5.38 Å². The van der Waals surface area contributed by atoms with Crippen molar-refractivity contribution in [1.82, 2.24) is 4.98 Å². The Labute approximate surface area is 164 Å². The van der Waals surface area contributed by atoms with Crippen molar-refractivity contribution in [2.75, 3.05) is 12.4 Å². The summed E-state index contributed by atoms with van der Waals surface area (Å²) in [5.41, 5.74) is 2.85. The number of esters is 1. The van der Waals surface area contributed by atoms with Crippen LogP contribution >= 0.6 is 11.3 Å². The number of nitrogens with one attached hydrogen (secondary N) is 1. The van der Waals surface area contributed by atoms with Gasteiger partial charge in [-0.25, -0.2) is 4.98 Å². The van der Waals surface area contributed by atoms with Gasteiger partial charge in [0.2, 0.25) is 5.91 Å². The molecule has 1 N–H and O–H groups in total. The zero-order valence-electron chi connectivity index (χ0n) is 15.9. The van der Waals surface area contributed by atoms with E-state index in [4.69, 9.17) is 0 Å². The number of carbonyl (C=O) groups excluding carboxylic acids is 2. The molecule has 144 valence electrons. The highest BCUT2D eigenvalue weighted by Crippen LogP contribution is 2.35. The highest BCUT2D eigenvalue weighted by molar-refractivity contribution is 7.13. The Hall–Kier alpha value is -2.21. The molecule has 1 amide bonds. The van der Waals surface area contributed by atoms with Crippen LogP contribution in [0.15, 0.2) is 29.6 Å². The zero-order chi connectivity index (χ0) is 19.2. The summed E-state index contributed by atoms with van der Waals surface area (Å²) in [4.78, 5) is 28.8. The highest BCUT2D eigenvalue weighted by atomic mass is 32.1. The second-order valence-electron chi connectivity index (χ2n) is 7.24. The van der Waals surface area contributed by atoms with Crippen LogP contribution in [0.3, 0.4) is 0 Å². The third-order valence-electron chi connectivity index (χ3n) is 5.17. The van der Waals surface area contributed by atoms with Gasteiger partial charge < -0.3 is 10.1 Å². The minimum absolute atomic E-state index is 0.0234. The maximum Gasteiger partial charge on any atom is 0.311 e. The van der Waals surface area contributed by atoms with E-state index in [-0.39, 0.29) is 24.2 Å². The second kappa shape index (κ2) is 9.13. The number of amides is 1. The minimum atomic E-state index is -0.336. The summed E-state index contributed by atoms with van der Waals surface area (Å²) in [6, 6.07) is 8.22. The average molecular weight is 387 g/mol. The van der Waals surface area contributed by atoms with Gasteiger partial charge in [-0.15, -0.1) is 11.3 Å². The molecule has 1 heterocycles. The van der Waals surface area contributed by atoms with E-state index >= 15 is 0 Å². The molecule has 0 saturated heterocycles. The number of hydrogen-bond donors (Lipinski definition) is 1. The van der Waals surface area contributed by atoms with Crippen LogP contribution < -0.4 is 5.32 Å². The number of benzene rings is 1. The van der Waals surface area contributed by atoms with Gasteiger partial charge in [-0.2, -0.15) is 0 Å². The van der Waals surface area contributed by atoms with Crippen molar-refractivity contribution >= 4 is 28.3 Å². The van der Waals surface area contributed by atoms with Gasteiger partial charge in [0.05, 0.1) is 25.1 Å². The molecule has 1 aliphatic rings. The molecule has 0 radical (unpaired) electrons. The molecule has 1 atom stereocenters. The van der Waals surface area contributed by atoms with Crippen molar-refractivity contribution in [3.63, 3.8) is 0 Å². The lowest BCUT2D eigenvalue weighted by Gasteiger charge is -2.20. The van der Waals surface area contributed by atoms with E-state index < -0.39 is 0 Å². The van der Waals surface area contributed by atoms with Gasteiger partial charge in [0.15, 0.2) is 5.13 Å². The second-order valence-corrected chi connectivity index (χ2v) is 8.09. The van der Waals surface area contributed by atoms with Crippen LogP contribution in [-0.4, -0.2) is 24.0 Å². The predicted octanol–water partition coefficient (Wildman–Crippen LogP) is 4.47. The number of ether oxygens (including phenoxy) is 1. The summed E-state index contributed by atoms with van der Waals surface area (Å²) in [5.74, 6) is 0.0663. The standard InChI is InChI=1S/C21H26N2O3S/c1-14-7-9-16(10-8-14)18(11-15-5-3-4-6-15)20(25)23-21-22-17(13-27-21)12-19(24)26-2/h7-10,13,15,18H,3-6,11-12H2,1-2H3,(H,22,23,25).